The van der Waals surface area contributed by atoms with Crippen molar-refractivity contribution >= 4 is 11.6 Å². The normalized spacial score (nSPS) is 11.0. The lowest BCUT2D eigenvalue weighted by Crippen LogP contribution is -2.33. The summed E-state index contributed by atoms with van der Waals surface area (Å²) in [4.78, 5) is 28.3. The van der Waals surface area contributed by atoms with Gasteiger partial charge in [-0.3, -0.25) is 19.2 Å². The van der Waals surface area contributed by atoms with Crippen LogP contribution in [0.15, 0.2) is 95.8 Å². The number of nitrogens with one attached hydrogen (secondary N) is 1. The molecule has 0 aliphatic rings. The molecule has 0 saturated heterocycles. The molecule has 168 valence electrons. The van der Waals surface area contributed by atoms with Gasteiger partial charge in [0.25, 0.3) is 5.56 Å². The summed E-state index contributed by atoms with van der Waals surface area (Å²) in [5.41, 5.74) is 3.78. The fourth-order valence-corrected chi connectivity index (χ4v) is 3.95. The molecule has 1 amide bonds. The molecule has 6 heteroatoms. The summed E-state index contributed by atoms with van der Waals surface area (Å²) in [6, 6.07) is 29.6. The minimum atomic E-state index is -0.243. The van der Waals surface area contributed by atoms with E-state index in [4.69, 9.17) is 0 Å². The molecule has 1 N–H and O–H groups in total. The van der Waals surface area contributed by atoms with Gasteiger partial charge in [0.05, 0.1) is 17.9 Å². The van der Waals surface area contributed by atoms with E-state index < -0.39 is 0 Å². The molecule has 3 aromatic carbocycles. The van der Waals surface area contributed by atoms with Crippen molar-refractivity contribution in [1.29, 1.82) is 0 Å². The first-order valence-corrected chi connectivity index (χ1v) is 11.0. The van der Waals surface area contributed by atoms with Crippen molar-refractivity contribution in [3.8, 4) is 5.69 Å². The maximum Gasteiger partial charge on any atom is 0.295 e. The Morgan fingerprint density at radius 1 is 0.818 bits per heavy atom. The summed E-state index contributed by atoms with van der Waals surface area (Å²) in [5, 5.41) is 2.88. The van der Waals surface area contributed by atoms with Gasteiger partial charge in [-0.25, -0.2) is 4.68 Å². The van der Waals surface area contributed by atoms with Gasteiger partial charge in [-0.1, -0.05) is 78.9 Å². The summed E-state index contributed by atoms with van der Waals surface area (Å²) >= 11 is 0. The van der Waals surface area contributed by atoms with E-state index >= 15 is 0 Å². The van der Waals surface area contributed by atoms with Crippen LogP contribution in [0.2, 0.25) is 0 Å². The standard InChI is InChI=1S/C27H28N4O2/c1-21-26(27(33)31(29(21)2)24-16-10-5-11-17-24)28-25(32)20-30(18-22-12-6-3-7-13-22)19-23-14-8-4-9-15-23/h3-17H,18-20H2,1-2H3,(H,28,32). The number of hydrogen-bond acceptors (Lipinski definition) is 3. The lowest BCUT2D eigenvalue weighted by atomic mass is 10.1. The Morgan fingerprint density at radius 3 is 1.82 bits per heavy atom. The van der Waals surface area contributed by atoms with Crippen LogP contribution in [-0.4, -0.2) is 26.7 Å². The van der Waals surface area contributed by atoms with Crippen LogP contribution in [0.4, 0.5) is 5.69 Å². The molecule has 0 aliphatic carbocycles. The zero-order valence-corrected chi connectivity index (χ0v) is 18.9. The van der Waals surface area contributed by atoms with E-state index in [1.165, 1.54) is 0 Å². The van der Waals surface area contributed by atoms with E-state index in [0.29, 0.717) is 24.5 Å². The Balaban J connectivity index is 1.54. The molecule has 33 heavy (non-hydrogen) atoms. The van der Waals surface area contributed by atoms with Gasteiger partial charge in [0.1, 0.15) is 5.69 Å². The second-order valence-electron chi connectivity index (χ2n) is 8.10. The molecule has 0 fully saturated rings. The summed E-state index contributed by atoms with van der Waals surface area (Å²) < 4.78 is 3.33. The number of rotatable bonds is 8. The molecule has 0 unspecified atom stereocenters. The predicted octanol–water partition coefficient (Wildman–Crippen LogP) is 4.13. The van der Waals surface area contributed by atoms with Gasteiger partial charge in [0.15, 0.2) is 0 Å². The van der Waals surface area contributed by atoms with Crippen LogP contribution in [-0.2, 0) is 24.9 Å². The lowest BCUT2D eigenvalue weighted by molar-refractivity contribution is -0.117. The van der Waals surface area contributed by atoms with Crippen molar-refractivity contribution in [1.82, 2.24) is 14.3 Å². The molecule has 6 nitrogen and oxygen atoms in total. The van der Waals surface area contributed by atoms with Crippen molar-refractivity contribution in [2.24, 2.45) is 7.05 Å². The molecule has 4 aromatic rings. The molecule has 0 saturated carbocycles. The first kappa shape index (κ1) is 22.3. The van der Waals surface area contributed by atoms with E-state index in [-0.39, 0.29) is 18.0 Å². The maximum absolute atomic E-state index is 13.1. The smallest absolute Gasteiger partial charge is 0.295 e. The Labute approximate surface area is 193 Å². The lowest BCUT2D eigenvalue weighted by Gasteiger charge is -2.22. The van der Waals surface area contributed by atoms with Crippen LogP contribution in [0.1, 0.15) is 16.8 Å². The highest BCUT2D eigenvalue weighted by molar-refractivity contribution is 5.92. The average Bonchev–Trinajstić information content (AvgIpc) is 3.04. The van der Waals surface area contributed by atoms with Crippen LogP contribution in [0.25, 0.3) is 5.69 Å². The van der Waals surface area contributed by atoms with Gasteiger partial charge in [0.2, 0.25) is 5.91 Å². The van der Waals surface area contributed by atoms with E-state index in [1.54, 1.807) is 9.36 Å². The van der Waals surface area contributed by atoms with Gasteiger partial charge >= 0.3 is 0 Å². The number of nitrogens with zero attached hydrogens (tertiary/aromatic N) is 3. The number of carbonyl (C=O) groups is 1. The fourth-order valence-electron chi connectivity index (χ4n) is 3.95. The number of para-hydroxylation sites is 1. The first-order valence-electron chi connectivity index (χ1n) is 11.0. The van der Waals surface area contributed by atoms with Crippen molar-refractivity contribution in [2.75, 3.05) is 11.9 Å². The number of aromatic nitrogens is 2. The van der Waals surface area contributed by atoms with Crippen LogP contribution in [0, 0.1) is 6.92 Å². The largest absolute Gasteiger partial charge is 0.319 e. The molecule has 0 bridgehead atoms. The number of carbonyl (C=O) groups excluding carboxylic acids is 1. The van der Waals surface area contributed by atoms with Gasteiger partial charge in [-0.15, -0.1) is 0 Å². The average molecular weight is 441 g/mol. The van der Waals surface area contributed by atoms with E-state index in [9.17, 15) is 9.59 Å². The number of hydrogen-bond donors (Lipinski definition) is 1. The number of anilines is 1. The highest BCUT2D eigenvalue weighted by atomic mass is 16.2. The molecule has 1 heterocycles. The monoisotopic (exact) mass is 440 g/mol. The van der Waals surface area contributed by atoms with Crippen LogP contribution < -0.4 is 10.9 Å². The summed E-state index contributed by atoms with van der Waals surface area (Å²) in [5.74, 6) is -0.215. The van der Waals surface area contributed by atoms with Gasteiger partial charge < -0.3 is 5.32 Å². The summed E-state index contributed by atoms with van der Waals surface area (Å²) in [6.07, 6.45) is 0. The van der Waals surface area contributed by atoms with Crippen LogP contribution >= 0.6 is 0 Å². The first-order chi connectivity index (χ1) is 16.0. The van der Waals surface area contributed by atoms with Crippen LogP contribution in [0.5, 0.6) is 0 Å². The highest BCUT2D eigenvalue weighted by Crippen LogP contribution is 2.15. The Hall–Kier alpha value is -3.90. The number of benzene rings is 3. The molecule has 0 radical (unpaired) electrons. The second kappa shape index (κ2) is 10.1. The third-order valence-electron chi connectivity index (χ3n) is 5.68. The van der Waals surface area contributed by atoms with E-state index in [0.717, 1.165) is 16.8 Å². The fraction of sp³-hybridized carbons (Fsp3) is 0.185. The molecular weight excluding hydrogens is 412 g/mol. The SMILES string of the molecule is Cc1c(NC(=O)CN(Cc2ccccc2)Cc2ccccc2)c(=O)n(-c2ccccc2)n1C. The predicted molar refractivity (Wildman–Crippen MR) is 131 cm³/mol. The zero-order chi connectivity index (χ0) is 23.2. The Kier molecular flexibility index (Phi) is 6.86. The van der Waals surface area contributed by atoms with Crippen molar-refractivity contribution < 1.29 is 4.79 Å². The molecule has 1 aromatic heterocycles. The molecular formula is C27H28N4O2. The van der Waals surface area contributed by atoms with Gasteiger partial charge in [0, 0.05) is 20.1 Å². The minimum Gasteiger partial charge on any atom is -0.319 e. The molecule has 4 rings (SSSR count). The maximum atomic E-state index is 13.1. The quantitative estimate of drug-likeness (QED) is 0.448. The van der Waals surface area contributed by atoms with Crippen molar-refractivity contribution in [3.05, 3.63) is 118 Å². The van der Waals surface area contributed by atoms with Gasteiger partial charge in [-0.05, 0) is 30.2 Å². The molecule has 0 atom stereocenters. The minimum absolute atomic E-state index is 0.170. The Bertz CT molecular complexity index is 1220. The summed E-state index contributed by atoms with van der Waals surface area (Å²) in [6.45, 7) is 3.27. The van der Waals surface area contributed by atoms with E-state index in [2.05, 4.69) is 34.5 Å². The van der Waals surface area contributed by atoms with Crippen molar-refractivity contribution in [2.45, 2.75) is 20.0 Å². The van der Waals surface area contributed by atoms with Crippen molar-refractivity contribution in [3.63, 3.8) is 0 Å². The Morgan fingerprint density at radius 2 is 1.30 bits per heavy atom. The second-order valence-corrected chi connectivity index (χ2v) is 8.10. The zero-order valence-electron chi connectivity index (χ0n) is 18.9. The molecule has 0 spiro atoms. The summed E-state index contributed by atoms with van der Waals surface area (Å²) in [7, 11) is 1.82. The van der Waals surface area contributed by atoms with E-state index in [1.807, 2.05) is 80.7 Å². The third kappa shape index (κ3) is 5.30. The highest BCUT2D eigenvalue weighted by Gasteiger charge is 2.19. The van der Waals surface area contributed by atoms with Gasteiger partial charge in [-0.2, -0.15) is 0 Å². The number of amides is 1. The topological polar surface area (TPSA) is 59.3 Å². The molecule has 0 aliphatic heterocycles. The van der Waals surface area contributed by atoms with Crippen LogP contribution in [0.3, 0.4) is 0 Å². The third-order valence-corrected chi connectivity index (χ3v) is 5.68.